The van der Waals surface area contributed by atoms with Crippen molar-refractivity contribution in [3.63, 3.8) is 0 Å². The van der Waals surface area contributed by atoms with Crippen LogP contribution in [0, 0.1) is 5.92 Å². The molecular formula is C16H22N4. The highest BCUT2D eigenvalue weighted by molar-refractivity contribution is 5.82. The van der Waals surface area contributed by atoms with Crippen LogP contribution in [0.15, 0.2) is 18.3 Å². The topological polar surface area (TPSA) is 52.7 Å². The zero-order valence-electron chi connectivity index (χ0n) is 11.8. The minimum atomic E-state index is 0.678. The molecule has 1 aliphatic heterocycles. The van der Waals surface area contributed by atoms with Crippen molar-refractivity contribution >= 4 is 16.9 Å². The van der Waals surface area contributed by atoms with Crippen molar-refractivity contribution in [3.8, 4) is 0 Å². The van der Waals surface area contributed by atoms with E-state index in [2.05, 4.69) is 33.9 Å². The molecule has 2 aliphatic rings. The fourth-order valence-electron chi connectivity index (χ4n) is 3.17. The molecule has 0 amide bonds. The van der Waals surface area contributed by atoms with Gasteiger partial charge in [0.15, 0.2) is 0 Å². The van der Waals surface area contributed by atoms with Gasteiger partial charge in [-0.05, 0) is 68.3 Å². The third-order valence-corrected chi connectivity index (χ3v) is 4.62. The SMILES string of the molecule is c1cc2c(C3CCNCC3)c[nH]c2nc1NCC1CC1. The maximum atomic E-state index is 4.71. The molecule has 0 spiro atoms. The number of hydrogen-bond donors (Lipinski definition) is 3. The highest BCUT2D eigenvalue weighted by Gasteiger charge is 2.21. The number of aromatic amines is 1. The Labute approximate surface area is 119 Å². The van der Waals surface area contributed by atoms with E-state index in [0.717, 1.165) is 37.0 Å². The highest BCUT2D eigenvalue weighted by Crippen LogP contribution is 2.32. The van der Waals surface area contributed by atoms with E-state index in [4.69, 9.17) is 4.98 Å². The third-order valence-electron chi connectivity index (χ3n) is 4.62. The summed E-state index contributed by atoms with van der Waals surface area (Å²) in [6.45, 7) is 3.33. The number of rotatable bonds is 4. The molecular weight excluding hydrogens is 248 g/mol. The van der Waals surface area contributed by atoms with Gasteiger partial charge in [-0.25, -0.2) is 4.98 Å². The van der Waals surface area contributed by atoms with Crippen molar-refractivity contribution in [1.82, 2.24) is 15.3 Å². The molecule has 1 aliphatic carbocycles. The summed E-state index contributed by atoms with van der Waals surface area (Å²) in [6, 6.07) is 4.36. The number of fused-ring (bicyclic) bond motifs is 1. The Balaban J connectivity index is 1.56. The molecule has 0 unspecified atom stereocenters. The van der Waals surface area contributed by atoms with Gasteiger partial charge in [-0.1, -0.05) is 0 Å². The second-order valence-electron chi connectivity index (χ2n) is 6.19. The number of pyridine rings is 1. The quantitative estimate of drug-likeness (QED) is 0.800. The van der Waals surface area contributed by atoms with Crippen LogP contribution in [0.1, 0.15) is 37.2 Å². The predicted molar refractivity (Wildman–Crippen MR) is 82.2 cm³/mol. The van der Waals surface area contributed by atoms with Crippen molar-refractivity contribution in [3.05, 3.63) is 23.9 Å². The summed E-state index contributed by atoms with van der Waals surface area (Å²) in [5.74, 6) is 2.56. The zero-order valence-corrected chi connectivity index (χ0v) is 11.8. The molecule has 2 aromatic rings. The summed E-state index contributed by atoms with van der Waals surface area (Å²) in [6.07, 6.45) is 7.37. The summed E-state index contributed by atoms with van der Waals surface area (Å²) in [5, 5.41) is 8.18. The maximum Gasteiger partial charge on any atom is 0.139 e. The lowest BCUT2D eigenvalue weighted by atomic mass is 9.90. The van der Waals surface area contributed by atoms with Gasteiger partial charge in [0, 0.05) is 18.1 Å². The molecule has 3 N–H and O–H groups in total. The van der Waals surface area contributed by atoms with E-state index in [1.54, 1.807) is 0 Å². The van der Waals surface area contributed by atoms with Crippen LogP contribution in [0.3, 0.4) is 0 Å². The van der Waals surface area contributed by atoms with E-state index in [0.29, 0.717) is 5.92 Å². The molecule has 4 rings (SSSR count). The van der Waals surface area contributed by atoms with E-state index >= 15 is 0 Å². The molecule has 1 saturated heterocycles. The van der Waals surface area contributed by atoms with Crippen molar-refractivity contribution < 1.29 is 0 Å². The molecule has 0 aromatic carbocycles. The minimum Gasteiger partial charge on any atom is -0.370 e. The standard InChI is InChI=1S/C16H22N4/c1-2-11(1)9-18-15-4-3-13-14(10-19-16(13)20-15)12-5-7-17-8-6-12/h3-4,10-12,17H,1-2,5-9H2,(H2,18,19,20). The number of H-pyrrole nitrogens is 1. The van der Waals surface area contributed by atoms with Crippen molar-refractivity contribution in [2.75, 3.05) is 25.0 Å². The Morgan fingerprint density at radius 2 is 2.00 bits per heavy atom. The Kier molecular flexibility index (Phi) is 3.11. The van der Waals surface area contributed by atoms with Gasteiger partial charge in [0.2, 0.25) is 0 Å². The molecule has 2 aromatic heterocycles. The number of nitrogens with one attached hydrogen (secondary N) is 3. The average molecular weight is 270 g/mol. The second-order valence-corrected chi connectivity index (χ2v) is 6.19. The van der Waals surface area contributed by atoms with Gasteiger partial charge >= 0.3 is 0 Å². The lowest BCUT2D eigenvalue weighted by Gasteiger charge is -2.22. The van der Waals surface area contributed by atoms with Crippen molar-refractivity contribution in [2.45, 2.75) is 31.6 Å². The molecule has 0 radical (unpaired) electrons. The number of anilines is 1. The first kappa shape index (κ1) is 12.2. The molecule has 4 nitrogen and oxygen atoms in total. The number of aromatic nitrogens is 2. The number of hydrogen-bond acceptors (Lipinski definition) is 3. The van der Waals surface area contributed by atoms with Gasteiger partial charge in [0.1, 0.15) is 11.5 Å². The van der Waals surface area contributed by atoms with Crippen LogP contribution in [0.5, 0.6) is 0 Å². The van der Waals surface area contributed by atoms with Crippen molar-refractivity contribution in [1.29, 1.82) is 0 Å². The summed E-state index contributed by atoms with van der Waals surface area (Å²) >= 11 is 0. The lowest BCUT2D eigenvalue weighted by molar-refractivity contribution is 0.462. The molecule has 3 heterocycles. The molecule has 4 heteroatoms. The van der Waals surface area contributed by atoms with E-state index in [-0.39, 0.29) is 0 Å². The van der Waals surface area contributed by atoms with Gasteiger partial charge in [0.25, 0.3) is 0 Å². The lowest BCUT2D eigenvalue weighted by Crippen LogP contribution is -2.26. The van der Waals surface area contributed by atoms with Crippen LogP contribution in [0.4, 0.5) is 5.82 Å². The first-order valence-electron chi connectivity index (χ1n) is 7.83. The molecule has 1 saturated carbocycles. The Morgan fingerprint density at radius 1 is 1.15 bits per heavy atom. The van der Waals surface area contributed by atoms with Crippen LogP contribution in [-0.2, 0) is 0 Å². The fraction of sp³-hybridized carbons (Fsp3) is 0.562. The van der Waals surface area contributed by atoms with Gasteiger partial charge in [-0.3, -0.25) is 0 Å². The Bertz CT molecular complexity index is 594. The monoisotopic (exact) mass is 270 g/mol. The molecule has 106 valence electrons. The van der Waals surface area contributed by atoms with Crippen LogP contribution < -0.4 is 10.6 Å². The van der Waals surface area contributed by atoms with Crippen LogP contribution in [0.25, 0.3) is 11.0 Å². The van der Waals surface area contributed by atoms with Crippen LogP contribution >= 0.6 is 0 Å². The molecule has 0 bridgehead atoms. The minimum absolute atomic E-state index is 0.678. The van der Waals surface area contributed by atoms with Crippen molar-refractivity contribution in [2.24, 2.45) is 5.92 Å². The fourth-order valence-corrected chi connectivity index (χ4v) is 3.17. The Morgan fingerprint density at radius 3 is 2.80 bits per heavy atom. The summed E-state index contributed by atoms with van der Waals surface area (Å²) in [7, 11) is 0. The summed E-state index contributed by atoms with van der Waals surface area (Å²) < 4.78 is 0. The summed E-state index contributed by atoms with van der Waals surface area (Å²) in [4.78, 5) is 8.07. The largest absolute Gasteiger partial charge is 0.370 e. The predicted octanol–water partition coefficient (Wildman–Crippen LogP) is 2.85. The highest BCUT2D eigenvalue weighted by atomic mass is 15.0. The third kappa shape index (κ3) is 2.40. The number of piperidine rings is 1. The average Bonchev–Trinajstić information content (AvgIpc) is 3.24. The van der Waals surface area contributed by atoms with E-state index in [1.165, 1.54) is 36.6 Å². The normalized spacial score (nSPS) is 20.4. The molecule has 0 atom stereocenters. The molecule has 2 fully saturated rings. The Hall–Kier alpha value is -1.55. The van der Waals surface area contributed by atoms with Gasteiger partial charge in [-0.2, -0.15) is 0 Å². The number of nitrogens with zero attached hydrogens (tertiary/aromatic N) is 1. The van der Waals surface area contributed by atoms with Gasteiger partial charge in [-0.15, -0.1) is 0 Å². The van der Waals surface area contributed by atoms with Gasteiger partial charge < -0.3 is 15.6 Å². The van der Waals surface area contributed by atoms with E-state index < -0.39 is 0 Å². The van der Waals surface area contributed by atoms with E-state index in [9.17, 15) is 0 Å². The molecule has 20 heavy (non-hydrogen) atoms. The van der Waals surface area contributed by atoms with E-state index in [1.807, 2.05) is 0 Å². The maximum absolute atomic E-state index is 4.71. The zero-order chi connectivity index (χ0) is 13.4. The first-order chi connectivity index (χ1) is 9.90. The van der Waals surface area contributed by atoms with Gasteiger partial charge in [0.05, 0.1) is 0 Å². The summed E-state index contributed by atoms with van der Waals surface area (Å²) in [5.41, 5.74) is 2.47. The van der Waals surface area contributed by atoms with Crippen LogP contribution in [-0.4, -0.2) is 29.6 Å². The smallest absolute Gasteiger partial charge is 0.139 e. The first-order valence-corrected chi connectivity index (χ1v) is 7.83. The second kappa shape index (κ2) is 5.09. The van der Waals surface area contributed by atoms with Crippen LogP contribution in [0.2, 0.25) is 0 Å².